The smallest absolute Gasteiger partial charge is 0.374 e. The third-order valence-corrected chi connectivity index (χ3v) is 3.25. The van der Waals surface area contributed by atoms with Crippen molar-refractivity contribution in [1.29, 1.82) is 0 Å². The first-order valence-corrected chi connectivity index (χ1v) is 6.32. The molecular formula is C12H16N4O2. The van der Waals surface area contributed by atoms with Crippen LogP contribution in [-0.4, -0.2) is 47.1 Å². The van der Waals surface area contributed by atoms with Gasteiger partial charge in [-0.05, 0) is 24.3 Å². The number of piperazine rings is 1. The topological polar surface area (TPSA) is 67.3 Å². The fourth-order valence-electron chi connectivity index (χ4n) is 2.00. The molecule has 6 heteroatoms. The third-order valence-electron chi connectivity index (χ3n) is 3.25. The monoisotopic (exact) mass is 248 g/mol. The lowest BCUT2D eigenvalue weighted by molar-refractivity contribution is 0.142. The molecule has 2 fully saturated rings. The number of rotatable bonds is 2. The summed E-state index contributed by atoms with van der Waals surface area (Å²) in [5, 5.41) is 3.18. The Morgan fingerprint density at radius 2 is 1.94 bits per heavy atom. The summed E-state index contributed by atoms with van der Waals surface area (Å²) in [4.78, 5) is 21.6. The van der Waals surface area contributed by atoms with E-state index in [1.165, 1.54) is 12.8 Å². The van der Waals surface area contributed by atoms with E-state index in [1.807, 2.05) is 0 Å². The van der Waals surface area contributed by atoms with E-state index in [2.05, 4.69) is 15.3 Å². The molecule has 1 aliphatic heterocycles. The summed E-state index contributed by atoms with van der Waals surface area (Å²) < 4.78 is 5.15. The molecule has 6 nitrogen and oxygen atoms in total. The molecule has 3 rings (SSSR count). The standard InChI is InChI=1S/C12H16N4O2/c17-12(16-5-3-13-4-6-16)18-11-14-7-10(8-15-11)9-1-2-9/h7-9,13H,1-6H2. The van der Waals surface area contributed by atoms with Gasteiger partial charge in [0.2, 0.25) is 0 Å². The van der Waals surface area contributed by atoms with Gasteiger partial charge in [0.25, 0.3) is 0 Å². The van der Waals surface area contributed by atoms with Crippen molar-refractivity contribution in [3.8, 4) is 6.01 Å². The lowest BCUT2D eigenvalue weighted by Crippen LogP contribution is -2.47. The van der Waals surface area contributed by atoms with Crippen molar-refractivity contribution in [2.75, 3.05) is 26.2 Å². The zero-order chi connectivity index (χ0) is 12.4. The Labute approximate surface area is 105 Å². The molecule has 1 aromatic heterocycles. The fraction of sp³-hybridized carbons (Fsp3) is 0.583. The second-order valence-electron chi connectivity index (χ2n) is 4.68. The summed E-state index contributed by atoms with van der Waals surface area (Å²) in [5.74, 6) is 0.614. The maximum atomic E-state index is 11.8. The molecule has 1 saturated carbocycles. The number of carbonyl (C=O) groups is 1. The van der Waals surface area contributed by atoms with Crippen molar-refractivity contribution in [3.05, 3.63) is 18.0 Å². The van der Waals surface area contributed by atoms with Crippen molar-refractivity contribution >= 4 is 6.09 Å². The number of hydrogen-bond acceptors (Lipinski definition) is 5. The molecule has 18 heavy (non-hydrogen) atoms. The Morgan fingerprint density at radius 1 is 1.28 bits per heavy atom. The summed E-state index contributed by atoms with van der Waals surface area (Å²) in [7, 11) is 0. The average molecular weight is 248 g/mol. The Bertz CT molecular complexity index is 424. The van der Waals surface area contributed by atoms with Crippen LogP contribution in [0, 0.1) is 0 Å². The number of hydrogen-bond donors (Lipinski definition) is 1. The molecule has 1 aliphatic carbocycles. The minimum absolute atomic E-state index is 0.142. The van der Waals surface area contributed by atoms with E-state index >= 15 is 0 Å². The molecule has 1 saturated heterocycles. The van der Waals surface area contributed by atoms with Crippen LogP contribution in [-0.2, 0) is 0 Å². The first-order chi connectivity index (χ1) is 8.83. The van der Waals surface area contributed by atoms with E-state index in [1.54, 1.807) is 17.3 Å². The molecule has 0 radical (unpaired) electrons. The van der Waals surface area contributed by atoms with Crippen molar-refractivity contribution < 1.29 is 9.53 Å². The highest BCUT2D eigenvalue weighted by Crippen LogP contribution is 2.39. The predicted octanol–water partition coefficient (Wildman–Crippen LogP) is 0.758. The van der Waals surface area contributed by atoms with E-state index in [-0.39, 0.29) is 12.1 Å². The largest absolute Gasteiger partial charge is 0.417 e. The number of amides is 1. The van der Waals surface area contributed by atoms with Crippen molar-refractivity contribution in [3.63, 3.8) is 0 Å². The summed E-state index contributed by atoms with van der Waals surface area (Å²) in [5.41, 5.74) is 1.14. The quantitative estimate of drug-likeness (QED) is 0.836. The van der Waals surface area contributed by atoms with Gasteiger partial charge in [-0.25, -0.2) is 14.8 Å². The third kappa shape index (κ3) is 2.59. The van der Waals surface area contributed by atoms with Gasteiger partial charge in [-0.2, -0.15) is 0 Å². The van der Waals surface area contributed by atoms with Crippen LogP contribution in [0.15, 0.2) is 12.4 Å². The second-order valence-corrected chi connectivity index (χ2v) is 4.68. The first-order valence-electron chi connectivity index (χ1n) is 6.32. The highest BCUT2D eigenvalue weighted by atomic mass is 16.6. The molecule has 96 valence electrons. The van der Waals surface area contributed by atoms with E-state index in [0.29, 0.717) is 19.0 Å². The van der Waals surface area contributed by atoms with Gasteiger partial charge >= 0.3 is 12.1 Å². The Hall–Kier alpha value is -1.69. The normalized spacial score (nSPS) is 19.7. The molecule has 0 atom stereocenters. The molecule has 1 amide bonds. The summed E-state index contributed by atoms with van der Waals surface area (Å²) in [6.07, 6.45) is 5.57. The zero-order valence-corrected chi connectivity index (χ0v) is 10.1. The van der Waals surface area contributed by atoms with Gasteiger partial charge in [0.1, 0.15) is 0 Å². The maximum Gasteiger partial charge on any atom is 0.417 e. The highest BCUT2D eigenvalue weighted by molar-refractivity contribution is 5.69. The average Bonchev–Trinajstić information content (AvgIpc) is 3.25. The van der Waals surface area contributed by atoms with Crippen LogP contribution < -0.4 is 10.1 Å². The first kappa shape index (κ1) is 11.4. The summed E-state index contributed by atoms with van der Waals surface area (Å²) in [6, 6.07) is 0.142. The van der Waals surface area contributed by atoms with Crippen LogP contribution in [0.1, 0.15) is 24.3 Å². The maximum absolute atomic E-state index is 11.8. The molecule has 0 unspecified atom stereocenters. The van der Waals surface area contributed by atoms with Crippen LogP contribution in [0.3, 0.4) is 0 Å². The van der Waals surface area contributed by atoms with Crippen LogP contribution >= 0.6 is 0 Å². The van der Waals surface area contributed by atoms with Gasteiger partial charge < -0.3 is 15.0 Å². The molecular weight excluding hydrogens is 232 g/mol. The molecule has 0 bridgehead atoms. The number of ether oxygens (including phenoxy) is 1. The molecule has 0 aromatic carbocycles. The fourth-order valence-corrected chi connectivity index (χ4v) is 2.00. The van der Waals surface area contributed by atoms with Crippen LogP contribution in [0.5, 0.6) is 6.01 Å². The number of nitrogens with one attached hydrogen (secondary N) is 1. The van der Waals surface area contributed by atoms with E-state index in [9.17, 15) is 4.79 Å². The van der Waals surface area contributed by atoms with Gasteiger partial charge in [-0.1, -0.05) is 0 Å². The molecule has 2 heterocycles. The van der Waals surface area contributed by atoms with E-state index < -0.39 is 0 Å². The Kier molecular flexibility index (Phi) is 3.10. The highest BCUT2D eigenvalue weighted by Gasteiger charge is 2.24. The Morgan fingerprint density at radius 3 is 2.56 bits per heavy atom. The van der Waals surface area contributed by atoms with Crippen molar-refractivity contribution in [2.24, 2.45) is 0 Å². The van der Waals surface area contributed by atoms with Crippen LogP contribution in [0.25, 0.3) is 0 Å². The minimum Gasteiger partial charge on any atom is -0.374 e. The van der Waals surface area contributed by atoms with E-state index in [4.69, 9.17) is 4.74 Å². The summed E-state index contributed by atoms with van der Waals surface area (Å²) in [6.45, 7) is 2.94. The van der Waals surface area contributed by atoms with Crippen molar-refractivity contribution in [1.82, 2.24) is 20.2 Å². The number of aromatic nitrogens is 2. The SMILES string of the molecule is O=C(Oc1ncc(C2CC2)cn1)N1CCNCC1. The molecule has 1 aromatic rings. The zero-order valence-electron chi connectivity index (χ0n) is 10.1. The summed E-state index contributed by atoms with van der Waals surface area (Å²) >= 11 is 0. The van der Waals surface area contributed by atoms with Crippen LogP contribution in [0.4, 0.5) is 4.79 Å². The lowest BCUT2D eigenvalue weighted by atomic mass is 10.2. The number of carbonyl (C=O) groups excluding carboxylic acids is 1. The molecule has 1 N–H and O–H groups in total. The van der Waals surface area contributed by atoms with Gasteiger partial charge in [0.15, 0.2) is 0 Å². The molecule has 2 aliphatic rings. The Balaban J connectivity index is 1.59. The van der Waals surface area contributed by atoms with Gasteiger partial charge in [-0.3, -0.25) is 0 Å². The van der Waals surface area contributed by atoms with Gasteiger partial charge in [0, 0.05) is 38.6 Å². The van der Waals surface area contributed by atoms with E-state index in [0.717, 1.165) is 18.7 Å². The van der Waals surface area contributed by atoms with Crippen LogP contribution in [0.2, 0.25) is 0 Å². The van der Waals surface area contributed by atoms with Gasteiger partial charge in [0.05, 0.1) is 0 Å². The predicted molar refractivity (Wildman–Crippen MR) is 64.5 cm³/mol. The number of nitrogens with zero attached hydrogens (tertiary/aromatic N) is 3. The molecule has 0 spiro atoms. The van der Waals surface area contributed by atoms with Gasteiger partial charge in [-0.15, -0.1) is 0 Å². The minimum atomic E-state index is -0.365. The van der Waals surface area contributed by atoms with Crippen molar-refractivity contribution in [2.45, 2.75) is 18.8 Å². The lowest BCUT2D eigenvalue weighted by Gasteiger charge is -2.25. The second kappa shape index (κ2) is 4.89.